The topological polar surface area (TPSA) is 48.0 Å². The van der Waals surface area contributed by atoms with E-state index < -0.39 is 6.10 Å². The molecule has 0 bridgehead atoms. The van der Waals surface area contributed by atoms with E-state index in [0.717, 1.165) is 17.6 Å². The minimum atomic E-state index is -0.466. The van der Waals surface area contributed by atoms with Gasteiger partial charge in [0.05, 0.1) is 6.10 Å². The van der Waals surface area contributed by atoms with Gasteiger partial charge in [-0.25, -0.2) is 0 Å². The molecule has 102 valence electrons. The van der Waals surface area contributed by atoms with Crippen molar-refractivity contribution in [3.05, 3.63) is 71.9 Å². The van der Waals surface area contributed by atoms with Gasteiger partial charge < -0.3 is 15.4 Å². The van der Waals surface area contributed by atoms with Crippen LogP contribution in [0.4, 0.5) is 0 Å². The van der Waals surface area contributed by atoms with Gasteiger partial charge in [0.25, 0.3) is 0 Å². The Morgan fingerprint density at radius 3 is 2.75 bits per heavy atom. The number of aliphatic hydroxyl groups excluding tert-OH is 1. The van der Waals surface area contributed by atoms with Gasteiger partial charge in [-0.05, 0) is 34.7 Å². The summed E-state index contributed by atoms with van der Waals surface area (Å²) in [5.41, 5.74) is 3.32. The number of aliphatic hydroxyl groups is 1. The minimum absolute atomic E-state index is 0.466. The van der Waals surface area contributed by atoms with Gasteiger partial charge in [0.15, 0.2) is 0 Å². The van der Waals surface area contributed by atoms with Crippen molar-refractivity contribution in [2.45, 2.75) is 12.6 Å². The number of benzene rings is 2. The molecule has 0 spiro atoms. The van der Waals surface area contributed by atoms with Crippen LogP contribution in [0.2, 0.25) is 0 Å². The number of fused-ring (bicyclic) bond motifs is 1. The van der Waals surface area contributed by atoms with Crippen LogP contribution >= 0.6 is 0 Å². The summed E-state index contributed by atoms with van der Waals surface area (Å²) < 4.78 is 0. The molecule has 3 N–H and O–H groups in total. The van der Waals surface area contributed by atoms with Crippen LogP contribution in [0.1, 0.15) is 17.2 Å². The Morgan fingerprint density at radius 1 is 1.05 bits per heavy atom. The number of nitrogens with one attached hydrogen (secondary N) is 2. The Morgan fingerprint density at radius 2 is 1.90 bits per heavy atom. The van der Waals surface area contributed by atoms with Crippen LogP contribution in [0.3, 0.4) is 0 Å². The third kappa shape index (κ3) is 2.90. The third-order valence-electron chi connectivity index (χ3n) is 3.47. The zero-order chi connectivity index (χ0) is 13.8. The second-order valence-electron chi connectivity index (χ2n) is 4.96. The molecule has 0 saturated carbocycles. The van der Waals surface area contributed by atoms with Gasteiger partial charge in [-0.15, -0.1) is 0 Å². The van der Waals surface area contributed by atoms with Crippen molar-refractivity contribution in [1.82, 2.24) is 10.3 Å². The van der Waals surface area contributed by atoms with E-state index in [9.17, 15) is 5.11 Å². The molecule has 1 heterocycles. The zero-order valence-electron chi connectivity index (χ0n) is 11.2. The minimum Gasteiger partial charge on any atom is -0.387 e. The Hall–Kier alpha value is -2.10. The van der Waals surface area contributed by atoms with Gasteiger partial charge in [-0.1, -0.05) is 36.4 Å². The summed E-state index contributed by atoms with van der Waals surface area (Å²) in [4.78, 5) is 3.18. The highest BCUT2D eigenvalue weighted by Crippen LogP contribution is 2.15. The fourth-order valence-corrected chi connectivity index (χ4v) is 2.36. The van der Waals surface area contributed by atoms with Gasteiger partial charge in [-0.2, -0.15) is 0 Å². The Balaban J connectivity index is 1.57. The Labute approximate surface area is 118 Å². The summed E-state index contributed by atoms with van der Waals surface area (Å²) in [5, 5.41) is 14.6. The lowest BCUT2D eigenvalue weighted by molar-refractivity contribution is 0.174. The van der Waals surface area contributed by atoms with Gasteiger partial charge in [0.2, 0.25) is 0 Å². The number of rotatable bonds is 5. The lowest BCUT2D eigenvalue weighted by Gasteiger charge is -2.12. The molecule has 2 aromatic carbocycles. The first-order valence-corrected chi connectivity index (χ1v) is 6.83. The summed E-state index contributed by atoms with van der Waals surface area (Å²) in [6.45, 7) is 1.31. The summed E-state index contributed by atoms with van der Waals surface area (Å²) in [6.07, 6.45) is 1.48. The van der Waals surface area contributed by atoms with Crippen molar-refractivity contribution in [2.75, 3.05) is 6.54 Å². The van der Waals surface area contributed by atoms with Crippen LogP contribution in [-0.2, 0) is 6.54 Å². The van der Waals surface area contributed by atoms with E-state index in [2.05, 4.69) is 34.6 Å². The fraction of sp³-hybridized carbons (Fsp3) is 0.176. The van der Waals surface area contributed by atoms with E-state index in [1.807, 2.05) is 36.5 Å². The molecule has 3 rings (SSSR count). The lowest BCUT2D eigenvalue weighted by atomic mass is 10.1. The van der Waals surface area contributed by atoms with E-state index in [1.165, 1.54) is 10.9 Å². The van der Waals surface area contributed by atoms with Crippen LogP contribution in [0.25, 0.3) is 10.9 Å². The number of aromatic amines is 1. The molecule has 0 amide bonds. The average Bonchev–Trinajstić information content (AvgIpc) is 2.95. The molecule has 1 aromatic heterocycles. The molecule has 1 atom stereocenters. The van der Waals surface area contributed by atoms with E-state index in [4.69, 9.17) is 0 Å². The first-order valence-electron chi connectivity index (χ1n) is 6.83. The number of hydrogen-bond acceptors (Lipinski definition) is 2. The van der Waals surface area contributed by atoms with Crippen molar-refractivity contribution in [1.29, 1.82) is 0 Å². The highest BCUT2D eigenvalue weighted by Gasteiger charge is 2.06. The Bertz CT molecular complexity index is 676. The lowest BCUT2D eigenvalue weighted by Crippen LogP contribution is -2.20. The quantitative estimate of drug-likeness (QED) is 0.665. The van der Waals surface area contributed by atoms with Crippen molar-refractivity contribution in [3.63, 3.8) is 0 Å². The normalized spacial score (nSPS) is 12.7. The summed E-state index contributed by atoms with van der Waals surface area (Å²) in [7, 11) is 0. The smallest absolute Gasteiger partial charge is 0.0914 e. The van der Waals surface area contributed by atoms with Crippen LogP contribution in [0, 0.1) is 0 Å². The van der Waals surface area contributed by atoms with Gasteiger partial charge in [0.1, 0.15) is 0 Å². The Kier molecular flexibility index (Phi) is 3.81. The molecule has 1 unspecified atom stereocenters. The van der Waals surface area contributed by atoms with E-state index in [1.54, 1.807) is 0 Å². The molecular weight excluding hydrogens is 248 g/mol. The standard InChI is InChI=1S/C17H18N2O/c20-17(14-4-2-1-3-5-14)12-18-11-13-6-7-16-15(10-13)8-9-19-16/h1-10,17-20H,11-12H2. The van der Waals surface area contributed by atoms with Gasteiger partial charge >= 0.3 is 0 Å². The summed E-state index contributed by atoms with van der Waals surface area (Å²) in [5.74, 6) is 0. The summed E-state index contributed by atoms with van der Waals surface area (Å²) >= 11 is 0. The van der Waals surface area contributed by atoms with Crippen molar-refractivity contribution in [3.8, 4) is 0 Å². The van der Waals surface area contributed by atoms with Gasteiger partial charge in [-0.3, -0.25) is 0 Å². The molecule has 3 heteroatoms. The molecule has 0 fully saturated rings. The molecular formula is C17H18N2O. The average molecular weight is 266 g/mol. The molecule has 0 radical (unpaired) electrons. The van der Waals surface area contributed by atoms with Crippen molar-refractivity contribution in [2.24, 2.45) is 0 Å². The maximum atomic E-state index is 10.1. The molecule has 20 heavy (non-hydrogen) atoms. The molecule has 0 aliphatic heterocycles. The molecule has 0 saturated heterocycles. The van der Waals surface area contributed by atoms with Crippen molar-refractivity contribution >= 4 is 10.9 Å². The largest absolute Gasteiger partial charge is 0.387 e. The first-order chi connectivity index (χ1) is 9.83. The predicted molar refractivity (Wildman–Crippen MR) is 81.4 cm³/mol. The van der Waals surface area contributed by atoms with Gasteiger partial charge in [0, 0.05) is 24.8 Å². The predicted octanol–water partition coefficient (Wildman–Crippen LogP) is 2.99. The van der Waals surface area contributed by atoms with E-state index in [-0.39, 0.29) is 0 Å². The first kappa shape index (κ1) is 12.9. The molecule has 0 aliphatic rings. The third-order valence-corrected chi connectivity index (χ3v) is 3.47. The highest BCUT2D eigenvalue weighted by molar-refractivity contribution is 5.79. The highest BCUT2D eigenvalue weighted by atomic mass is 16.3. The van der Waals surface area contributed by atoms with E-state index >= 15 is 0 Å². The van der Waals surface area contributed by atoms with Crippen LogP contribution in [0.15, 0.2) is 60.8 Å². The van der Waals surface area contributed by atoms with Crippen LogP contribution in [-0.4, -0.2) is 16.6 Å². The van der Waals surface area contributed by atoms with Crippen LogP contribution in [0.5, 0.6) is 0 Å². The van der Waals surface area contributed by atoms with Crippen LogP contribution < -0.4 is 5.32 Å². The fourth-order valence-electron chi connectivity index (χ4n) is 2.36. The maximum absolute atomic E-state index is 10.1. The van der Waals surface area contributed by atoms with Crippen molar-refractivity contribution < 1.29 is 5.11 Å². The molecule has 3 nitrogen and oxygen atoms in total. The van der Waals surface area contributed by atoms with E-state index in [0.29, 0.717) is 6.54 Å². The molecule has 3 aromatic rings. The maximum Gasteiger partial charge on any atom is 0.0914 e. The second-order valence-corrected chi connectivity index (χ2v) is 4.96. The number of aromatic nitrogens is 1. The monoisotopic (exact) mass is 266 g/mol. The zero-order valence-corrected chi connectivity index (χ0v) is 11.2. The molecule has 0 aliphatic carbocycles. The number of H-pyrrole nitrogens is 1. The second kappa shape index (κ2) is 5.90. The summed E-state index contributed by atoms with van der Waals surface area (Å²) in [6, 6.07) is 18.1. The number of hydrogen-bond donors (Lipinski definition) is 3. The SMILES string of the molecule is OC(CNCc1ccc2[nH]ccc2c1)c1ccccc1.